The Morgan fingerprint density at radius 1 is 1.47 bits per heavy atom. The molecule has 0 saturated carbocycles. The third kappa shape index (κ3) is 2.66. The van der Waals surface area contributed by atoms with Crippen molar-refractivity contribution in [3.8, 4) is 5.88 Å². The highest BCUT2D eigenvalue weighted by Crippen LogP contribution is 2.15. The summed E-state index contributed by atoms with van der Waals surface area (Å²) in [5.74, 6) is 1.58. The Bertz CT molecular complexity index is 422. The molecular formula is C10H11N3OS. The summed E-state index contributed by atoms with van der Waals surface area (Å²) in [6, 6.07) is 5.63. The first kappa shape index (κ1) is 9.92. The Hall–Kier alpha value is -1.62. The molecule has 0 radical (unpaired) electrons. The maximum absolute atomic E-state index is 5.58. The average molecular weight is 221 g/mol. The van der Waals surface area contributed by atoms with Crippen molar-refractivity contribution in [3.63, 3.8) is 0 Å². The summed E-state index contributed by atoms with van der Waals surface area (Å²) in [5, 5.41) is 2.01. The van der Waals surface area contributed by atoms with E-state index in [9.17, 15) is 0 Å². The topological polar surface area (TPSA) is 61.0 Å². The Labute approximate surface area is 91.8 Å². The fourth-order valence-electron chi connectivity index (χ4n) is 1.18. The quantitative estimate of drug-likeness (QED) is 0.861. The van der Waals surface area contributed by atoms with Crippen molar-refractivity contribution in [1.29, 1.82) is 0 Å². The van der Waals surface area contributed by atoms with Crippen LogP contribution in [0.4, 0.5) is 5.82 Å². The first-order valence-corrected chi connectivity index (χ1v) is 5.38. The average Bonchev–Trinajstić information content (AvgIpc) is 2.65. The van der Waals surface area contributed by atoms with Crippen molar-refractivity contribution in [2.45, 2.75) is 13.5 Å². The standard InChI is InChI=1S/C10H11N3OS/c1-7-12-9(11)5-10(13-7)14-6-8-3-2-4-15-8/h2-5H,6H2,1H3,(H2,11,12,13). The first-order valence-electron chi connectivity index (χ1n) is 4.50. The summed E-state index contributed by atoms with van der Waals surface area (Å²) < 4.78 is 5.49. The number of aryl methyl sites for hydroxylation is 1. The van der Waals surface area contributed by atoms with Crippen LogP contribution in [0.1, 0.15) is 10.7 Å². The van der Waals surface area contributed by atoms with E-state index in [1.165, 1.54) is 0 Å². The molecule has 5 heteroatoms. The number of nitrogens with zero attached hydrogens (tertiary/aromatic N) is 2. The van der Waals surface area contributed by atoms with Gasteiger partial charge in [0.05, 0.1) is 0 Å². The number of thiophene rings is 1. The predicted octanol–water partition coefficient (Wildman–Crippen LogP) is 2.01. The van der Waals surface area contributed by atoms with E-state index in [-0.39, 0.29) is 0 Å². The molecule has 0 unspecified atom stereocenters. The zero-order valence-corrected chi connectivity index (χ0v) is 9.12. The molecule has 0 aliphatic heterocycles. The minimum Gasteiger partial charge on any atom is -0.472 e. The van der Waals surface area contributed by atoms with E-state index >= 15 is 0 Å². The highest BCUT2D eigenvalue weighted by atomic mass is 32.1. The third-order valence-corrected chi connectivity index (χ3v) is 2.63. The summed E-state index contributed by atoms with van der Waals surface area (Å²) in [7, 11) is 0. The largest absolute Gasteiger partial charge is 0.472 e. The Morgan fingerprint density at radius 2 is 2.33 bits per heavy atom. The second kappa shape index (κ2) is 4.27. The molecular weight excluding hydrogens is 210 g/mol. The molecule has 2 aromatic heterocycles. The summed E-state index contributed by atoms with van der Waals surface area (Å²) in [6.07, 6.45) is 0. The van der Waals surface area contributed by atoms with Crippen LogP contribution < -0.4 is 10.5 Å². The van der Waals surface area contributed by atoms with E-state index < -0.39 is 0 Å². The maximum atomic E-state index is 5.58. The van der Waals surface area contributed by atoms with Crippen LogP contribution >= 0.6 is 11.3 Å². The van der Waals surface area contributed by atoms with Crippen LogP contribution in [0.3, 0.4) is 0 Å². The minimum absolute atomic E-state index is 0.434. The van der Waals surface area contributed by atoms with Crippen LogP contribution in [-0.4, -0.2) is 9.97 Å². The highest BCUT2D eigenvalue weighted by Gasteiger charge is 2.01. The van der Waals surface area contributed by atoms with Crippen molar-refractivity contribution in [3.05, 3.63) is 34.3 Å². The monoisotopic (exact) mass is 221 g/mol. The molecule has 0 spiro atoms. The Morgan fingerprint density at radius 3 is 3.00 bits per heavy atom. The smallest absolute Gasteiger partial charge is 0.219 e. The number of nitrogen functional groups attached to an aromatic ring is 1. The molecule has 2 heterocycles. The number of hydrogen-bond donors (Lipinski definition) is 1. The molecule has 0 fully saturated rings. The molecule has 78 valence electrons. The molecule has 0 aromatic carbocycles. The summed E-state index contributed by atoms with van der Waals surface area (Å²) in [5.41, 5.74) is 5.58. The van der Waals surface area contributed by atoms with Crippen LogP contribution in [0.5, 0.6) is 5.88 Å². The van der Waals surface area contributed by atoms with Gasteiger partial charge in [-0.25, -0.2) is 4.98 Å². The first-order chi connectivity index (χ1) is 7.24. The summed E-state index contributed by atoms with van der Waals surface area (Å²) in [4.78, 5) is 9.25. The normalized spacial score (nSPS) is 10.2. The van der Waals surface area contributed by atoms with Crippen LogP contribution in [0.2, 0.25) is 0 Å². The van der Waals surface area contributed by atoms with Gasteiger partial charge in [0, 0.05) is 10.9 Å². The lowest BCUT2D eigenvalue weighted by molar-refractivity contribution is 0.296. The van der Waals surface area contributed by atoms with Crippen molar-refractivity contribution in [1.82, 2.24) is 9.97 Å². The lowest BCUT2D eigenvalue weighted by Gasteiger charge is -2.04. The summed E-state index contributed by atoms with van der Waals surface area (Å²) in [6.45, 7) is 2.31. The van der Waals surface area contributed by atoms with Gasteiger partial charge >= 0.3 is 0 Å². The zero-order valence-electron chi connectivity index (χ0n) is 8.30. The maximum Gasteiger partial charge on any atom is 0.219 e. The molecule has 0 amide bonds. The van der Waals surface area contributed by atoms with E-state index in [1.54, 1.807) is 24.3 Å². The molecule has 0 aliphatic carbocycles. The van der Waals surface area contributed by atoms with Gasteiger partial charge in [-0.1, -0.05) is 6.07 Å². The van der Waals surface area contributed by atoms with E-state index in [0.29, 0.717) is 24.1 Å². The van der Waals surface area contributed by atoms with Gasteiger partial charge in [-0.3, -0.25) is 0 Å². The van der Waals surface area contributed by atoms with Crippen LogP contribution in [0.25, 0.3) is 0 Å². The number of rotatable bonds is 3. The van der Waals surface area contributed by atoms with Crippen LogP contribution in [0, 0.1) is 6.92 Å². The van der Waals surface area contributed by atoms with E-state index in [0.717, 1.165) is 4.88 Å². The van der Waals surface area contributed by atoms with Crippen LogP contribution in [-0.2, 0) is 6.61 Å². The van der Waals surface area contributed by atoms with Crippen molar-refractivity contribution < 1.29 is 4.74 Å². The van der Waals surface area contributed by atoms with E-state index in [2.05, 4.69) is 9.97 Å². The van der Waals surface area contributed by atoms with Gasteiger partial charge in [-0.2, -0.15) is 4.98 Å². The fourth-order valence-corrected chi connectivity index (χ4v) is 1.79. The number of nitrogens with two attached hydrogens (primary N) is 1. The predicted molar refractivity (Wildman–Crippen MR) is 59.8 cm³/mol. The van der Waals surface area contributed by atoms with Crippen molar-refractivity contribution in [2.75, 3.05) is 5.73 Å². The second-order valence-electron chi connectivity index (χ2n) is 3.05. The molecule has 2 N–H and O–H groups in total. The molecule has 0 bridgehead atoms. The van der Waals surface area contributed by atoms with Gasteiger partial charge in [0.15, 0.2) is 0 Å². The summed E-state index contributed by atoms with van der Waals surface area (Å²) >= 11 is 1.65. The Kier molecular flexibility index (Phi) is 2.82. The molecule has 2 aromatic rings. The zero-order chi connectivity index (χ0) is 10.7. The molecule has 0 saturated heterocycles. The van der Waals surface area contributed by atoms with Gasteiger partial charge < -0.3 is 10.5 Å². The van der Waals surface area contributed by atoms with Gasteiger partial charge in [-0.15, -0.1) is 11.3 Å². The molecule has 2 rings (SSSR count). The fraction of sp³-hybridized carbons (Fsp3) is 0.200. The van der Waals surface area contributed by atoms with Crippen molar-refractivity contribution >= 4 is 17.2 Å². The van der Waals surface area contributed by atoms with Crippen LogP contribution in [0.15, 0.2) is 23.6 Å². The number of aromatic nitrogens is 2. The Balaban J connectivity index is 2.05. The minimum atomic E-state index is 0.434. The van der Waals surface area contributed by atoms with Gasteiger partial charge in [0.1, 0.15) is 18.2 Å². The molecule has 4 nitrogen and oxygen atoms in total. The van der Waals surface area contributed by atoms with Crippen molar-refractivity contribution in [2.24, 2.45) is 0 Å². The molecule has 15 heavy (non-hydrogen) atoms. The molecule has 0 atom stereocenters. The van der Waals surface area contributed by atoms with Gasteiger partial charge in [0.2, 0.25) is 5.88 Å². The van der Waals surface area contributed by atoms with Gasteiger partial charge in [0.25, 0.3) is 0 Å². The van der Waals surface area contributed by atoms with E-state index in [1.807, 2.05) is 17.5 Å². The highest BCUT2D eigenvalue weighted by molar-refractivity contribution is 7.09. The lowest BCUT2D eigenvalue weighted by atomic mass is 10.5. The van der Waals surface area contributed by atoms with E-state index in [4.69, 9.17) is 10.5 Å². The molecule has 0 aliphatic rings. The number of hydrogen-bond acceptors (Lipinski definition) is 5. The lowest BCUT2D eigenvalue weighted by Crippen LogP contribution is -2.00. The third-order valence-electron chi connectivity index (χ3n) is 1.78. The number of ether oxygens (including phenoxy) is 1. The van der Waals surface area contributed by atoms with Gasteiger partial charge in [-0.05, 0) is 18.4 Å². The second-order valence-corrected chi connectivity index (χ2v) is 4.08. The SMILES string of the molecule is Cc1nc(N)cc(OCc2cccs2)n1. The number of anilines is 1.